The maximum atomic E-state index is 5.93. The van der Waals surface area contributed by atoms with Crippen LogP contribution in [0.5, 0.6) is 0 Å². The Balaban J connectivity index is 0.00000266. The number of allylic oxidation sites excluding steroid dienone is 4. The fraction of sp³-hybridized carbons (Fsp3) is 0.226. The van der Waals surface area contributed by atoms with Crippen LogP contribution >= 0.6 is 24.8 Å². The average Bonchev–Trinajstić information content (AvgIpc) is 3.83. The second-order valence-electron chi connectivity index (χ2n) is 18.2. The van der Waals surface area contributed by atoms with Gasteiger partial charge in [0.15, 0.2) is 0 Å². The molecule has 3 heteroatoms. The van der Waals surface area contributed by atoms with Gasteiger partial charge in [0.25, 0.3) is 0 Å². The van der Waals surface area contributed by atoms with Gasteiger partial charge in [0.05, 0.1) is 0 Å². The number of fused-ring (bicyclic) bond motifs is 3. The Morgan fingerprint density at radius 2 is 1.05 bits per heavy atom. The van der Waals surface area contributed by atoms with Gasteiger partial charge >= 0.3 is 327 Å². The topological polar surface area (TPSA) is 0 Å². The summed E-state index contributed by atoms with van der Waals surface area (Å²) in [6.07, 6.45) is 8.91. The average molecular weight is 855 g/mol. The molecule has 0 saturated carbocycles. The van der Waals surface area contributed by atoms with Crippen molar-refractivity contribution in [3.8, 4) is 33.4 Å². The summed E-state index contributed by atoms with van der Waals surface area (Å²) in [6, 6.07) is 49.1. The summed E-state index contributed by atoms with van der Waals surface area (Å²) >= 11 is -5.13. The Labute approximate surface area is 349 Å². The molecule has 0 nitrogen and oxygen atoms in total. The normalized spacial score (nSPS) is 13.7. The number of hydrogen-bond donors (Lipinski definition) is 0. The molecule has 2 aliphatic rings. The first-order valence-electron chi connectivity index (χ1n) is 19.7. The summed E-state index contributed by atoms with van der Waals surface area (Å²) in [5.41, 5.74) is 16.1. The predicted octanol–water partition coefficient (Wildman–Crippen LogP) is 12.9. The van der Waals surface area contributed by atoms with E-state index >= 15 is 0 Å². The molecule has 0 atom stereocenters. The molecule has 0 radical (unpaired) electrons. The van der Waals surface area contributed by atoms with Crippen molar-refractivity contribution in [1.29, 1.82) is 0 Å². The first-order valence-corrected chi connectivity index (χ1v) is 26.4. The van der Waals surface area contributed by atoms with E-state index in [-0.39, 0.29) is 35.6 Å². The fourth-order valence-corrected chi connectivity index (χ4v) is 25.7. The number of halogens is 2. The van der Waals surface area contributed by atoms with Crippen molar-refractivity contribution in [2.24, 2.45) is 0 Å². The van der Waals surface area contributed by atoms with Crippen molar-refractivity contribution in [1.82, 2.24) is 0 Å². The van der Waals surface area contributed by atoms with E-state index in [2.05, 4.69) is 201 Å². The van der Waals surface area contributed by atoms with Gasteiger partial charge in [0, 0.05) is 0 Å². The van der Waals surface area contributed by atoms with Crippen LogP contribution < -0.4 is 9.81 Å². The van der Waals surface area contributed by atoms with Gasteiger partial charge in [0.2, 0.25) is 0 Å². The zero-order valence-electron chi connectivity index (χ0n) is 34.3. The van der Waals surface area contributed by atoms with E-state index in [1.807, 2.05) is 0 Å². The van der Waals surface area contributed by atoms with Gasteiger partial charge in [-0.3, -0.25) is 0 Å². The Morgan fingerprint density at radius 1 is 0.554 bits per heavy atom. The molecule has 0 amide bonds. The molecule has 0 N–H and O–H groups in total. The maximum absolute atomic E-state index is 5.93. The summed E-state index contributed by atoms with van der Waals surface area (Å²) in [6.45, 7) is 18.7. The van der Waals surface area contributed by atoms with Gasteiger partial charge in [0.1, 0.15) is 0 Å². The van der Waals surface area contributed by atoms with Crippen molar-refractivity contribution in [3.05, 3.63) is 182 Å². The summed E-state index contributed by atoms with van der Waals surface area (Å²) in [5, 5.41) is 0. The molecule has 6 aromatic rings. The quantitative estimate of drug-likeness (QED) is 0.156. The molecule has 0 fully saturated rings. The zero-order chi connectivity index (χ0) is 38.1. The van der Waals surface area contributed by atoms with Crippen molar-refractivity contribution in [3.63, 3.8) is 0 Å². The number of rotatable bonds is 6. The van der Waals surface area contributed by atoms with Crippen LogP contribution in [0.3, 0.4) is 0 Å². The number of aryl methyl sites for hydroxylation is 2. The monoisotopic (exact) mass is 852 g/mol. The molecule has 8 rings (SSSR count). The van der Waals surface area contributed by atoms with Gasteiger partial charge in [-0.15, -0.1) is 24.8 Å². The van der Waals surface area contributed by atoms with Crippen LogP contribution in [0.15, 0.2) is 149 Å². The summed E-state index contributed by atoms with van der Waals surface area (Å²) in [7, 11) is 0. The third-order valence-corrected chi connectivity index (χ3v) is 28.9. The first kappa shape index (κ1) is 41.8. The molecule has 0 spiro atoms. The number of hydrogen-bond acceptors (Lipinski definition) is 0. The molecule has 0 unspecified atom stereocenters. The SMILES string of the molecule is Cl.Cl.[CH2]=[Zr]([C]1=CC=CC1)([c]1ccc(C)cc1)([c]1ccc(C)cc1)[c]1c2c(cc(C(C)(C)C)c1-c1ccccc1)-c1cc(C(C)(C)C)c(-c3ccccc3)cc1C2. The fourth-order valence-electron chi connectivity index (χ4n) is 9.65. The Bertz CT molecular complexity index is 2490. The molecule has 6 aromatic carbocycles. The van der Waals surface area contributed by atoms with Crippen LogP contribution in [0.25, 0.3) is 33.4 Å². The van der Waals surface area contributed by atoms with Gasteiger partial charge in [-0.2, -0.15) is 0 Å². The molecule has 0 bridgehead atoms. The summed E-state index contributed by atoms with van der Waals surface area (Å²) in [4.78, 5) is 0. The summed E-state index contributed by atoms with van der Waals surface area (Å²) in [5.74, 6) is 0. The Morgan fingerprint density at radius 3 is 1.54 bits per heavy atom. The van der Waals surface area contributed by atoms with Gasteiger partial charge < -0.3 is 0 Å². The summed E-state index contributed by atoms with van der Waals surface area (Å²) < 4.78 is 11.8. The first-order chi connectivity index (χ1) is 25.7. The minimum absolute atomic E-state index is 0. The second-order valence-corrected chi connectivity index (χ2v) is 31.0. The molecule has 0 heterocycles. The van der Waals surface area contributed by atoms with E-state index < -0.39 is 18.3 Å². The molecule has 56 heavy (non-hydrogen) atoms. The standard InChI is InChI=1S/C33H33.2C7H7.C5H5.CH2.2ClH.Zr/c1-32(2,3)30-20-26-24(18-28(30)22-13-9-7-10-14-22)17-25-19-29(23-15-11-8-12-16-23)31(21-27(25)26)33(4,5)6;2*1-7-5-3-2-4-6-7;1-2-4-5-3-1;;;;/h7-16,18,20-21H,17H2,1-6H3;2*3-6H,1H3;1-3H,4H2;1H2;2*1H;. The molecule has 0 aromatic heterocycles. The molecule has 0 saturated heterocycles. The Hall–Kier alpha value is -3.87. The van der Waals surface area contributed by atoms with Crippen molar-refractivity contribution < 1.29 is 18.3 Å². The zero-order valence-corrected chi connectivity index (χ0v) is 38.4. The molecular weight excluding hydrogens is 799 g/mol. The van der Waals surface area contributed by atoms with E-state index in [0.717, 1.165) is 12.8 Å². The van der Waals surface area contributed by atoms with Crippen molar-refractivity contribution >= 4 is 38.8 Å². The van der Waals surface area contributed by atoms with E-state index in [1.165, 1.54) is 79.9 Å². The van der Waals surface area contributed by atoms with Crippen LogP contribution in [0, 0.1) is 13.8 Å². The van der Waals surface area contributed by atoms with Crippen LogP contribution in [0.2, 0.25) is 0 Å². The van der Waals surface area contributed by atoms with Crippen molar-refractivity contribution in [2.75, 3.05) is 0 Å². The van der Waals surface area contributed by atoms with Crippen LogP contribution in [0.1, 0.15) is 81.3 Å². The van der Waals surface area contributed by atoms with E-state index in [9.17, 15) is 0 Å². The second kappa shape index (κ2) is 15.1. The minimum atomic E-state index is -5.13. The van der Waals surface area contributed by atoms with Crippen LogP contribution in [-0.2, 0) is 35.5 Å². The third-order valence-electron chi connectivity index (χ3n) is 12.5. The van der Waals surface area contributed by atoms with Crippen LogP contribution in [0.4, 0.5) is 0 Å². The Kier molecular flexibility index (Phi) is 11.3. The molecule has 2 aliphatic carbocycles. The van der Waals surface area contributed by atoms with Gasteiger partial charge in [-0.05, 0) is 0 Å². The van der Waals surface area contributed by atoms with Gasteiger partial charge in [-0.1, -0.05) is 0 Å². The predicted molar refractivity (Wildman–Crippen MR) is 248 cm³/mol. The van der Waals surface area contributed by atoms with E-state index in [0.29, 0.717) is 0 Å². The molecule has 0 aliphatic heterocycles. The number of benzene rings is 6. The molecular formula is C53H56Cl2Zr. The van der Waals surface area contributed by atoms with E-state index in [1.54, 1.807) is 0 Å². The third kappa shape index (κ3) is 6.63. The van der Waals surface area contributed by atoms with Crippen LogP contribution in [-0.4, -0.2) is 4.21 Å². The van der Waals surface area contributed by atoms with Crippen molar-refractivity contribution in [2.45, 2.75) is 79.1 Å². The van der Waals surface area contributed by atoms with E-state index in [4.69, 9.17) is 4.21 Å². The molecule has 286 valence electrons. The van der Waals surface area contributed by atoms with Gasteiger partial charge in [-0.25, -0.2) is 0 Å².